The average molecular weight is 305 g/mol. The fraction of sp³-hybridized carbons (Fsp3) is 0.611. The molecule has 4 heteroatoms. The van der Waals surface area contributed by atoms with E-state index in [1.807, 2.05) is 43.9 Å². The molecule has 122 valence electrons. The monoisotopic (exact) mass is 305 g/mol. The van der Waals surface area contributed by atoms with Gasteiger partial charge in [-0.3, -0.25) is 0 Å². The predicted octanol–water partition coefficient (Wildman–Crippen LogP) is 3.64. The van der Waals surface area contributed by atoms with Crippen molar-refractivity contribution in [2.24, 2.45) is 0 Å². The van der Waals surface area contributed by atoms with Crippen LogP contribution in [0, 0.1) is 0 Å². The first-order valence-corrected chi connectivity index (χ1v) is 7.95. The van der Waals surface area contributed by atoms with Crippen molar-refractivity contribution in [3.8, 4) is 0 Å². The molecule has 2 atom stereocenters. The highest BCUT2D eigenvalue weighted by molar-refractivity contribution is 5.68. The minimum Gasteiger partial charge on any atom is -0.444 e. The Kier molecular flexibility index (Phi) is 5.46. The van der Waals surface area contributed by atoms with Gasteiger partial charge in [0.05, 0.1) is 6.10 Å². The topological polar surface area (TPSA) is 38.8 Å². The summed E-state index contributed by atoms with van der Waals surface area (Å²) in [7, 11) is 1.74. The summed E-state index contributed by atoms with van der Waals surface area (Å²) < 4.78 is 11.1. The molecule has 0 aromatic heterocycles. The zero-order valence-electron chi connectivity index (χ0n) is 14.0. The van der Waals surface area contributed by atoms with Crippen molar-refractivity contribution in [1.29, 1.82) is 0 Å². The smallest absolute Gasteiger partial charge is 0.410 e. The highest BCUT2D eigenvalue weighted by Crippen LogP contribution is 2.25. The first-order valence-electron chi connectivity index (χ1n) is 7.95. The van der Waals surface area contributed by atoms with E-state index in [1.165, 1.54) is 5.56 Å². The van der Waals surface area contributed by atoms with E-state index in [1.54, 1.807) is 7.11 Å². The number of carbonyl (C=O) groups is 1. The van der Waals surface area contributed by atoms with Crippen molar-refractivity contribution in [1.82, 2.24) is 4.90 Å². The van der Waals surface area contributed by atoms with E-state index in [0.29, 0.717) is 6.54 Å². The molecule has 0 bridgehead atoms. The van der Waals surface area contributed by atoms with Gasteiger partial charge >= 0.3 is 6.09 Å². The summed E-state index contributed by atoms with van der Waals surface area (Å²) in [6.45, 7) is 6.39. The Morgan fingerprint density at radius 3 is 2.55 bits per heavy atom. The summed E-state index contributed by atoms with van der Waals surface area (Å²) in [6, 6.07) is 10.4. The molecular formula is C18H27NO3. The summed E-state index contributed by atoms with van der Waals surface area (Å²) in [5.41, 5.74) is 0.768. The molecule has 1 aliphatic rings. The van der Waals surface area contributed by atoms with Gasteiger partial charge in [0.2, 0.25) is 0 Å². The highest BCUT2D eigenvalue weighted by Gasteiger charge is 2.34. The lowest BCUT2D eigenvalue weighted by atomic mass is 9.94. The first kappa shape index (κ1) is 16.8. The summed E-state index contributed by atoms with van der Waals surface area (Å²) in [6.07, 6.45) is 2.54. The van der Waals surface area contributed by atoms with Gasteiger partial charge in [-0.1, -0.05) is 30.3 Å². The maximum absolute atomic E-state index is 12.5. The minimum atomic E-state index is -0.466. The van der Waals surface area contributed by atoms with Gasteiger partial charge in [0, 0.05) is 19.7 Å². The van der Waals surface area contributed by atoms with Crippen LogP contribution >= 0.6 is 0 Å². The van der Waals surface area contributed by atoms with Crippen LogP contribution in [0.3, 0.4) is 0 Å². The maximum Gasteiger partial charge on any atom is 0.410 e. The van der Waals surface area contributed by atoms with Gasteiger partial charge < -0.3 is 14.4 Å². The Hall–Kier alpha value is -1.55. The van der Waals surface area contributed by atoms with E-state index in [9.17, 15) is 4.79 Å². The van der Waals surface area contributed by atoms with E-state index >= 15 is 0 Å². The van der Waals surface area contributed by atoms with E-state index in [4.69, 9.17) is 9.47 Å². The molecule has 1 aromatic rings. The average Bonchev–Trinajstić information content (AvgIpc) is 2.46. The number of benzene rings is 1. The Morgan fingerprint density at radius 2 is 1.95 bits per heavy atom. The number of hydrogen-bond donors (Lipinski definition) is 0. The van der Waals surface area contributed by atoms with E-state index in [2.05, 4.69) is 12.1 Å². The van der Waals surface area contributed by atoms with Crippen LogP contribution < -0.4 is 0 Å². The number of carbonyl (C=O) groups excluding carboxylic acids is 1. The molecular weight excluding hydrogens is 278 g/mol. The molecule has 0 N–H and O–H groups in total. The van der Waals surface area contributed by atoms with Gasteiger partial charge in [-0.15, -0.1) is 0 Å². The van der Waals surface area contributed by atoms with Crippen LogP contribution in [0.1, 0.15) is 39.2 Å². The summed E-state index contributed by atoms with van der Waals surface area (Å²) in [5, 5.41) is 0. The zero-order chi connectivity index (χ0) is 16.2. The van der Waals surface area contributed by atoms with E-state index in [-0.39, 0.29) is 18.2 Å². The molecule has 1 saturated heterocycles. The maximum atomic E-state index is 12.5. The number of hydrogen-bond acceptors (Lipinski definition) is 3. The quantitative estimate of drug-likeness (QED) is 0.855. The first-order chi connectivity index (χ1) is 10.4. The second kappa shape index (κ2) is 7.14. The van der Waals surface area contributed by atoms with Crippen molar-refractivity contribution in [3.05, 3.63) is 35.9 Å². The molecule has 0 spiro atoms. The van der Waals surface area contributed by atoms with Crippen LogP contribution in [-0.2, 0) is 15.9 Å². The van der Waals surface area contributed by atoms with Gasteiger partial charge in [-0.05, 0) is 45.6 Å². The standard InChI is InChI=1S/C18H27NO3/c1-18(2,3)22-17(20)19-11-10-16(21-4)13-15(19)12-14-8-6-5-7-9-14/h5-9,15-16H,10-13H2,1-4H3. The van der Waals surface area contributed by atoms with Gasteiger partial charge in [0.15, 0.2) is 0 Å². The lowest BCUT2D eigenvalue weighted by Crippen LogP contribution is -2.50. The number of ether oxygens (including phenoxy) is 2. The third kappa shape index (κ3) is 4.73. The molecule has 1 aromatic carbocycles. The molecule has 1 amide bonds. The van der Waals surface area contributed by atoms with Crippen molar-refractivity contribution in [3.63, 3.8) is 0 Å². The number of likely N-dealkylation sites (tertiary alicyclic amines) is 1. The zero-order valence-corrected chi connectivity index (χ0v) is 14.0. The Labute approximate surface area is 133 Å². The third-order valence-electron chi connectivity index (χ3n) is 3.94. The van der Waals surface area contributed by atoms with Crippen molar-refractivity contribution in [2.75, 3.05) is 13.7 Å². The molecule has 0 saturated carbocycles. The molecule has 4 nitrogen and oxygen atoms in total. The van der Waals surface area contributed by atoms with E-state index in [0.717, 1.165) is 19.3 Å². The Morgan fingerprint density at radius 1 is 1.27 bits per heavy atom. The second-order valence-corrected chi connectivity index (χ2v) is 6.90. The van der Waals surface area contributed by atoms with Crippen LogP contribution in [-0.4, -0.2) is 42.4 Å². The molecule has 0 radical (unpaired) electrons. The molecule has 2 rings (SSSR count). The molecule has 1 aliphatic heterocycles. The summed E-state index contributed by atoms with van der Waals surface area (Å²) >= 11 is 0. The molecule has 0 aliphatic carbocycles. The SMILES string of the molecule is COC1CCN(C(=O)OC(C)(C)C)C(Cc2ccccc2)C1. The minimum absolute atomic E-state index is 0.121. The van der Waals surface area contributed by atoms with Gasteiger partial charge in [-0.25, -0.2) is 4.79 Å². The highest BCUT2D eigenvalue weighted by atomic mass is 16.6. The molecule has 1 heterocycles. The molecule has 22 heavy (non-hydrogen) atoms. The normalized spacial score (nSPS) is 22.5. The van der Waals surface area contributed by atoms with Crippen molar-refractivity contribution in [2.45, 2.75) is 57.8 Å². The summed E-state index contributed by atoms with van der Waals surface area (Å²) in [4.78, 5) is 14.3. The lowest BCUT2D eigenvalue weighted by Gasteiger charge is -2.39. The van der Waals surface area contributed by atoms with Crippen LogP contribution in [0.4, 0.5) is 4.79 Å². The van der Waals surface area contributed by atoms with Crippen molar-refractivity contribution >= 4 is 6.09 Å². The number of nitrogens with zero attached hydrogens (tertiary/aromatic N) is 1. The van der Waals surface area contributed by atoms with Gasteiger partial charge in [0.25, 0.3) is 0 Å². The van der Waals surface area contributed by atoms with E-state index < -0.39 is 5.60 Å². The Bertz CT molecular complexity index is 481. The van der Waals surface area contributed by atoms with Crippen LogP contribution in [0.15, 0.2) is 30.3 Å². The summed E-state index contributed by atoms with van der Waals surface area (Å²) in [5.74, 6) is 0. The Balaban J connectivity index is 2.10. The third-order valence-corrected chi connectivity index (χ3v) is 3.94. The predicted molar refractivity (Wildman–Crippen MR) is 86.9 cm³/mol. The van der Waals surface area contributed by atoms with Crippen LogP contribution in [0.25, 0.3) is 0 Å². The number of methoxy groups -OCH3 is 1. The van der Waals surface area contributed by atoms with Gasteiger partial charge in [0.1, 0.15) is 5.60 Å². The molecule has 1 fully saturated rings. The fourth-order valence-electron chi connectivity index (χ4n) is 2.87. The molecule has 2 unspecified atom stereocenters. The fourth-order valence-corrected chi connectivity index (χ4v) is 2.87. The van der Waals surface area contributed by atoms with Crippen LogP contribution in [0.2, 0.25) is 0 Å². The van der Waals surface area contributed by atoms with Gasteiger partial charge in [-0.2, -0.15) is 0 Å². The number of amides is 1. The van der Waals surface area contributed by atoms with Crippen LogP contribution in [0.5, 0.6) is 0 Å². The lowest BCUT2D eigenvalue weighted by molar-refractivity contribution is -0.0177. The second-order valence-electron chi connectivity index (χ2n) is 6.90. The number of piperidine rings is 1. The van der Waals surface area contributed by atoms with Crippen molar-refractivity contribution < 1.29 is 14.3 Å². The largest absolute Gasteiger partial charge is 0.444 e. The number of rotatable bonds is 3.